The van der Waals surface area contributed by atoms with Crippen LogP contribution >= 0.6 is 11.6 Å². The molecule has 1 heterocycles. The van der Waals surface area contributed by atoms with Crippen LogP contribution in [-0.2, 0) is 0 Å². The lowest BCUT2D eigenvalue weighted by Crippen LogP contribution is -2.10. The second-order valence-electron chi connectivity index (χ2n) is 4.25. The third-order valence-electron chi connectivity index (χ3n) is 2.34. The first-order chi connectivity index (χ1) is 8.97. The molecule has 2 N–H and O–H groups in total. The van der Waals surface area contributed by atoms with E-state index in [2.05, 4.69) is 5.16 Å². The molecular formula is C13H13ClN2O3. The Morgan fingerprint density at radius 2 is 2.16 bits per heavy atom. The first-order valence-corrected chi connectivity index (χ1v) is 6.08. The molecule has 1 aromatic carbocycles. The van der Waals surface area contributed by atoms with E-state index >= 15 is 0 Å². The van der Waals surface area contributed by atoms with Gasteiger partial charge in [-0.3, -0.25) is 4.79 Å². The van der Waals surface area contributed by atoms with Crippen molar-refractivity contribution in [2.75, 3.05) is 0 Å². The summed E-state index contributed by atoms with van der Waals surface area (Å²) in [6.45, 7) is 3.83. The summed E-state index contributed by atoms with van der Waals surface area (Å²) in [4.78, 5) is 10.9. The van der Waals surface area contributed by atoms with Crippen LogP contribution in [0.2, 0.25) is 5.02 Å². The number of nitrogens with zero attached hydrogens (tertiary/aromatic N) is 1. The predicted octanol–water partition coefficient (Wildman–Crippen LogP) is 2.88. The largest absolute Gasteiger partial charge is 0.489 e. The molecule has 0 saturated heterocycles. The highest BCUT2D eigenvalue weighted by Gasteiger charge is 2.12. The van der Waals surface area contributed by atoms with Gasteiger partial charge in [-0.1, -0.05) is 16.8 Å². The van der Waals surface area contributed by atoms with E-state index in [0.29, 0.717) is 22.1 Å². The van der Waals surface area contributed by atoms with Crippen molar-refractivity contribution in [3.63, 3.8) is 0 Å². The number of carbonyl (C=O) groups excluding carboxylic acids is 1. The summed E-state index contributed by atoms with van der Waals surface area (Å²) in [6, 6.07) is 6.67. The van der Waals surface area contributed by atoms with Gasteiger partial charge in [-0.2, -0.15) is 0 Å². The van der Waals surface area contributed by atoms with Crippen LogP contribution in [-0.4, -0.2) is 17.2 Å². The van der Waals surface area contributed by atoms with E-state index < -0.39 is 5.91 Å². The third kappa shape index (κ3) is 3.06. The molecule has 1 aromatic heterocycles. The minimum Gasteiger partial charge on any atom is -0.489 e. The minimum absolute atomic E-state index is 0.0371. The summed E-state index contributed by atoms with van der Waals surface area (Å²) >= 11 is 6.11. The summed E-state index contributed by atoms with van der Waals surface area (Å²) in [5, 5.41) is 4.03. The molecule has 6 heteroatoms. The molecule has 100 valence electrons. The highest BCUT2D eigenvalue weighted by Crippen LogP contribution is 2.31. The van der Waals surface area contributed by atoms with E-state index in [4.69, 9.17) is 26.6 Å². The van der Waals surface area contributed by atoms with Crippen molar-refractivity contribution < 1.29 is 14.1 Å². The smallest absolute Gasteiger partial charge is 0.270 e. The van der Waals surface area contributed by atoms with E-state index in [1.54, 1.807) is 18.2 Å². The molecule has 0 radical (unpaired) electrons. The first kappa shape index (κ1) is 13.4. The molecule has 0 saturated carbocycles. The van der Waals surface area contributed by atoms with Gasteiger partial charge in [0.15, 0.2) is 11.5 Å². The summed E-state index contributed by atoms with van der Waals surface area (Å²) in [7, 11) is 0. The number of ether oxygens (including phenoxy) is 1. The minimum atomic E-state index is -0.638. The van der Waals surface area contributed by atoms with Crippen LogP contribution in [0.25, 0.3) is 11.3 Å². The molecule has 0 aliphatic heterocycles. The Kier molecular flexibility index (Phi) is 3.76. The number of halogens is 1. The number of benzene rings is 1. The van der Waals surface area contributed by atoms with Crippen LogP contribution < -0.4 is 10.5 Å². The molecule has 0 aliphatic carbocycles. The molecule has 0 atom stereocenters. The number of amides is 1. The summed E-state index contributed by atoms with van der Waals surface area (Å²) in [5.74, 6) is 0.378. The lowest BCUT2D eigenvalue weighted by atomic mass is 10.1. The standard InChI is InChI=1S/C13H13ClN2O3/c1-7(2)18-11-4-3-8(5-9(11)14)12-6-10(13(15)17)16-19-12/h3-7H,1-2H3,(H2,15,17). The Morgan fingerprint density at radius 1 is 1.42 bits per heavy atom. The van der Waals surface area contributed by atoms with Crippen molar-refractivity contribution in [2.45, 2.75) is 20.0 Å². The van der Waals surface area contributed by atoms with Crippen LogP contribution in [0.5, 0.6) is 5.75 Å². The molecule has 2 rings (SSSR count). The van der Waals surface area contributed by atoms with Crippen molar-refractivity contribution in [1.29, 1.82) is 0 Å². The van der Waals surface area contributed by atoms with E-state index in [9.17, 15) is 4.79 Å². The second kappa shape index (κ2) is 5.32. The number of carbonyl (C=O) groups is 1. The average molecular weight is 281 g/mol. The van der Waals surface area contributed by atoms with Gasteiger partial charge < -0.3 is 15.0 Å². The van der Waals surface area contributed by atoms with Crippen molar-refractivity contribution in [2.24, 2.45) is 5.73 Å². The van der Waals surface area contributed by atoms with Crippen LogP contribution in [0.1, 0.15) is 24.3 Å². The topological polar surface area (TPSA) is 78.4 Å². The number of primary amides is 1. The predicted molar refractivity (Wildman–Crippen MR) is 71.2 cm³/mol. The third-order valence-corrected chi connectivity index (χ3v) is 2.64. The highest BCUT2D eigenvalue weighted by molar-refractivity contribution is 6.32. The van der Waals surface area contributed by atoms with Gasteiger partial charge >= 0.3 is 0 Å². The average Bonchev–Trinajstić information content (AvgIpc) is 2.80. The van der Waals surface area contributed by atoms with Crippen molar-refractivity contribution >= 4 is 17.5 Å². The number of hydrogen-bond donors (Lipinski definition) is 1. The first-order valence-electron chi connectivity index (χ1n) is 5.70. The lowest BCUT2D eigenvalue weighted by molar-refractivity contribution is 0.0992. The number of nitrogens with two attached hydrogens (primary N) is 1. The fraction of sp³-hybridized carbons (Fsp3) is 0.231. The van der Waals surface area contributed by atoms with Crippen LogP contribution in [0.3, 0.4) is 0 Å². The van der Waals surface area contributed by atoms with Crippen molar-refractivity contribution in [1.82, 2.24) is 5.16 Å². The fourth-order valence-corrected chi connectivity index (χ4v) is 1.76. The van der Waals surface area contributed by atoms with E-state index in [0.717, 1.165) is 0 Å². The SMILES string of the molecule is CC(C)Oc1ccc(-c2cc(C(N)=O)no2)cc1Cl. The Morgan fingerprint density at radius 3 is 2.68 bits per heavy atom. The highest BCUT2D eigenvalue weighted by atomic mass is 35.5. The summed E-state index contributed by atoms with van der Waals surface area (Å²) < 4.78 is 10.6. The molecule has 0 bridgehead atoms. The maximum Gasteiger partial charge on any atom is 0.270 e. The maximum absolute atomic E-state index is 10.9. The van der Waals surface area contributed by atoms with Gasteiger partial charge in [-0.05, 0) is 32.0 Å². The van der Waals surface area contributed by atoms with Crippen molar-refractivity contribution in [3.8, 4) is 17.1 Å². The van der Waals surface area contributed by atoms with Gasteiger partial charge in [-0.15, -0.1) is 0 Å². The molecule has 5 nitrogen and oxygen atoms in total. The molecular weight excluding hydrogens is 268 g/mol. The zero-order valence-electron chi connectivity index (χ0n) is 10.5. The zero-order valence-corrected chi connectivity index (χ0v) is 11.3. The van der Waals surface area contributed by atoms with Gasteiger partial charge in [0, 0.05) is 11.6 Å². The van der Waals surface area contributed by atoms with Crippen molar-refractivity contribution in [3.05, 3.63) is 35.0 Å². The number of hydrogen-bond acceptors (Lipinski definition) is 4. The van der Waals surface area contributed by atoms with Gasteiger partial charge in [0.25, 0.3) is 5.91 Å². The number of aromatic nitrogens is 1. The van der Waals surface area contributed by atoms with E-state index in [-0.39, 0.29) is 11.8 Å². The quantitative estimate of drug-likeness (QED) is 0.934. The van der Waals surface area contributed by atoms with Gasteiger partial charge in [-0.25, -0.2) is 0 Å². The van der Waals surface area contributed by atoms with E-state index in [1.165, 1.54) is 6.07 Å². The zero-order chi connectivity index (χ0) is 14.0. The molecule has 2 aromatic rings. The van der Waals surface area contributed by atoms with Gasteiger partial charge in [0.1, 0.15) is 5.75 Å². The van der Waals surface area contributed by atoms with Crippen LogP contribution in [0.4, 0.5) is 0 Å². The second-order valence-corrected chi connectivity index (χ2v) is 4.66. The molecule has 0 fully saturated rings. The fourth-order valence-electron chi connectivity index (χ4n) is 1.53. The Hall–Kier alpha value is -2.01. The molecule has 0 spiro atoms. The maximum atomic E-state index is 10.9. The lowest BCUT2D eigenvalue weighted by Gasteiger charge is -2.11. The Bertz CT molecular complexity index is 608. The summed E-state index contributed by atoms with van der Waals surface area (Å²) in [5.41, 5.74) is 5.88. The molecule has 1 amide bonds. The summed E-state index contributed by atoms with van der Waals surface area (Å²) in [6.07, 6.45) is 0.0371. The van der Waals surface area contributed by atoms with E-state index in [1.807, 2.05) is 13.8 Å². The molecule has 0 aliphatic rings. The Labute approximate surface area is 115 Å². The van der Waals surface area contributed by atoms with Crippen LogP contribution in [0, 0.1) is 0 Å². The number of rotatable bonds is 4. The van der Waals surface area contributed by atoms with Gasteiger partial charge in [0.2, 0.25) is 0 Å². The normalized spacial score (nSPS) is 10.7. The van der Waals surface area contributed by atoms with Gasteiger partial charge in [0.05, 0.1) is 11.1 Å². The Balaban J connectivity index is 2.30. The molecule has 19 heavy (non-hydrogen) atoms. The monoisotopic (exact) mass is 280 g/mol. The molecule has 0 unspecified atom stereocenters. The van der Waals surface area contributed by atoms with Crippen LogP contribution in [0.15, 0.2) is 28.8 Å².